The fraction of sp³-hybridized carbons (Fsp3) is 0.500. The molecule has 6 heteroatoms. The fourth-order valence-corrected chi connectivity index (χ4v) is 4.24. The minimum atomic E-state index is -0.0121. The highest BCUT2D eigenvalue weighted by molar-refractivity contribution is 5.96. The Bertz CT molecular complexity index is 883. The van der Waals surface area contributed by atoms with Crippen LogP contribution in [-0.2, 0) is 11.3 Å². The summed E-state index contributed by atoms with van der Waals surface area (Å²) in [6.07, 6.45) is 0. The molecule has 2 atom stereocenters. The first kappa shape index (κ1) is 20.3. The van der Waals surface area contributed by atoms with Gasteiger partial charge in [0.05, 0.1) is 11.3 Å². The second-order valence-electron chi connectivity index (χ2n) is 8.11. The van der Waals surface area contributed by atoms with Crippen LogP contribution in [0, 0.1) is 20.8 Å². The SMILES string of the molecule is CC(=O)c1c(C)nn(CC(=O)N2C[C@@H](N(C)C)[C@H](c3ccc(C)cc3)C2)c1C. The van der Waals surface area contributed by atoms with Crippen LogP contribution in [0.15, 0.2) is 24.3 Å². The summed E-state index contributed by atoms with van der Waals surface area (Å²) < 4.78 is 1.66. The first-order valence-corrected chi connectivity index (χ1v) is 9.74. The van der Waals surface area contributed by atoms with E-state index in [-0.39, 0.29) is 30.2 Å². The normalized spacial score (nSPS) is 19.5. The zero-order valence-corrected chi connectivity index (χ0v) is 17.7. The third-order valence-corrected chi connectivity index (χ3v) is 5.83. The molecule has 1 aromatic heterocycles. The summed E-state index contributed by atoms with van der Waals surface area (Å²) in [6, 6.07) is 8.88. The molecule has 2 heterocycles. The van der Waals surface area contributed by atoms with Gasteiger partial charge in [0.15, 0.2) is 5.78 Å². The van der Waals surface area contributed by atoms with Crippen molar-refractivity contribution in [2.45, 2.75) is 46.2 Å². The van der Waals surface area contributed by atoms with E-state index in [9.17, 15) is 9.59 Å². The molecule has 0 bridgehead atoms. The van der Waals surface area contributed by atoms with E-state index < -0.39 is 0 Å². The number of hydrogen-bond donors (Lipinski definition) is 0. The molecular weight excluding hydrogens is 352 g/mol. The molecule has 28 heavy (non-hydrogen) atoms. The van der Waals surface area contributed by atoms with Crippen LogP contribution >= 0.6 is 0 Å². The quantitative estimate of drug-likeness (QED) is 0.746. The summed E-state index contributed by atoms with van der Waals surface area (Å²) in [6.45, 7) is 8.86. The van der Waals surface area contributed by atoms with E-state index in [1.165, 1.54) is 18.1 Å². The number of aryl methyl sites for hydroxylation is 2. The summed E-state index contributed by atoms with van der Waals surface area (Å²) in [5, 5.41) is 4.42. The standard InChI is InChI=1S/C22H30N4O2/c1-14-7-9-18(10-8-14)19-11-25(12-20(19)24(5)6)21(28)13-26-16(3)22(17(4)27)15(2)23-26/h7-10,19-20H,11-13H2,1-6H3/t19-,20+/m0/s1. The third kappa shape index (κ3) is 3.87. The molecule has 1 saturated heterocycles. The molecule has 0 saturated carbocycles. The van der Waals surface area contributed by atoms with Crippen molar-refractivity contribution in [3.8, 4) is 0 Å². The molecule has 1 aliphatic heterocycles. The summed E-state index contributed by atoms with van der Waals surface area (Å²) >= 11 is 0. The second kappa shape index (κ2) is 7.87. The van der Waals surface area contributed by atoms with Gasteiger partial charge in [0.1, 0.15) is 6.54 Å². The minimum Gasteiger partial charge on any atom is -0.339 e. The van der Waals surface area contributed by atoms with Crippen molar-refractivity contribution in [3.63, 3.8) is 0 Å². The van der Waals surface area contributed by atoms with Crippen LogP contribution in [0.3, 0.4) is 0 Å². The van der Waals surface area contributed by atoms with Crippen LogP contribution < -0.4 is 0 Å². The van der Waals surface area contributed by atoms with Crippen LogP contribution in [0.4, 0.5) is 0 Å². The Morgan fingerprint density at radius 1 is 1.11 bits per heavy atom. The molecule has 1 fully saturated rings. The predicted molar refractivity (Wildman–Crippen MR) is 110 cm³/mol. The van der Waals surface area contributed by atoms with Gasteiger partial charge in [-0.25, -0.2) is 0 Å². The maximum atomic E-state index is 13.0. The third-order valence-electron chi connectivity index (χ3n) is 5.83. The van der Waals surface area contributed by atoms with Gasteiger partial charge in [-0.05, 0) is 47.4 Å². The molecule has 0 radical (unpaired) electrons. The van der Waals surface area contributed by atoms with Gasteiger partial charge >= 0.3 is 0 Å². The smallest absolute Gasteiger partial charge is 0.244 e. The lowest BCUT2D eigenvalue weighted by Crippen LogP contribution is -2.37. The number of hydrogen-bond acceptors (Lipinski definition) is 4. The summed E-state index contributed by atoms with van der Waals surface area (Å²) in [5.74, 6) is 0.317. The van der Waals surface area contributed by atoms with E-state index in [1.807, 2.05) is 18.7 Å². The lowest BCUT2D eigenvalue weighted by molar-refractivity contribution is -0.131. The van der Waals surface area contributed by atoms with Gasteiger partial charge in [0.2, 0.25) is 5.91 Å². The van der Waals surface area contributed by atoms with Crippen LogP contribution in [0.5, 0.6) is 0 Å². The average molecular weight is 383 g/mol. The summed E-state index contributed by atoms with van der Waals surface area (Å²) in [4.78, 5) is 29.0. The average Bonchev–Trinajstić information content (AvgIpc) is 3.17. The molecule has 0 spiro atoms. The van der Waals surface area contributed by atoms with E-state index in [0.717, 1.165) is 5.69 Å². The highest BCUT2D eigenvalue weighted by Crippen LogP contribution is 2.30. The molecule has 3 rings (SSSR count). The molecule has 0 aliphatic carbocycles. The summed E-state index contributed by atoms with van der Waals surface area (Å²) in [7, 11) is 4.14. The van der Waals surface area contributed by atoms with Crippen molar-refractivity contribution in [1.82, 2.24) is 19.6 Å². The molecule has 1 aliphatic rings. The van der Waals surface area contributed by atoms with E-state index in [2.05, 4.69) is 55.3 Å². The maximum absolute atomic E-state index is 13.0. The van der Waals surface area contributed by atoms with Gasteiger partial charge in [-0.3, -0.25) is 14.3 Å². The van der Waals surface area contributed by atoms with E-state index >= 15 is 0 Å². The van der Waals surface area contributed by atoms with Crippen LogP contribution in [0.1, 0.15) is 45.7 Å². The van der Waals surface area contributed by atoms with Crippen molar-refractivity contribution in [2.75, 3.05) is 27.2 Å². The van der Waals surface area contributed by atoms with Gasteiger partial charge in [-0.1, -0.05) is 29.8 Å². The molecule has 0 unspecified atom stereocenters. The predicted octanol–water partition coefficient (Wildman–Crippen LogP) is 2.57. The largest absolute Gasteiger partial charge is 0.339 e. The van der Waals surface area contributed by atoms with Crippen LogP contribution in [0.2, 0.25) is 0 Å². The van der Waals surface area contributed by atoms with Gasteiger partial charge in [0.25, 0.3) is 0 Å². The maximum Gasteiger partial charge on any atom is 0.244 e. The Hall–Kier alpha value is -2.47. The van der Waals surface area contributed by atoms with Crippen molar-refractivity contribution >= 4 is 11.7 Å². The Labute approximate surface area is 167 Å². The van der Waals surface area contributed by atoms with E-state index in [1.54, 1.807) is 4.68 Å². The number of benzene rings is 1. The van der Waals surface area contributed by atoms with E-state index in [0.29, 0.717) is 24.3 Å². The monoisotopic (exact) mass is 382 g/mol. The Morgan fingerprint density at radius 3 is 2.29 bits per heavy atom. The van der Waals surface area contributed by atoms with Crippen molar-refractivity contribution in [1.29, 1.82) is 0 Å². The Kier molecular flexibility index (Phi) is 5.70. The second-order valence-corrected chi connectivity index (χ2v) is 8.11. The zero-order valence-electron chi connectivity index (χ0n) is 17.7. The number of ketones is 1. The number of likely N-dealkylation sites (tertiary alicyclic amines) is 1. The minimum absolute atomic E-state index is 0.0121. The van der Waals surface area contributed by atoms with Crippen molar-refractivity contribution in [3.05, 3.63) is 52.3 Å². The van der Waals surface area contributed by atoms with Crippen molar-refractivity contribution < 1.29 is 9.59 Å². The first-order chi connectivity index (χ1) is 13.2. The van der Waals surface area contributed by atoms with Crippen LogP contribution in [0.25, 0.3) is 0 Å². The molecule has 150 valence electrons. The first-order valence-electron chi connectivity index (χ1n) is 9.74. The highest BCUT2D eigenvalue weighted by Gasteiger charge is 2.37. The fourth-order valence-electron chi connectivity index (χ4n) is 4.24. The number of likely N-dealkylation sites (N-methyl/N-ethyl adjacent to an activating group) is 1. The number of amides is 1. The van der Waals surface area contributed by atoms with Gasteiger partial charge in [-0.2, -0.15) is 5.10 Å². The lowest BCUT2D eigenvalue weighted by atomic mass is 9.93. The Balaban J connectivity index is 1.79. The molecule has 6 nitrogen and oxygen atoms in total. The molecule has 0 N–H and O–H groups in total. The zero-order chi connectivity index (χ0) is 20.6. The number of rotatable bonds is 5. The van der Waals surface area contributed by atoms with Gasteiger partial charge < -0.3 is 9.80 Å². The number of aromatic nitrogens is 2. The van der Waals surface area contributed by atoms with Gasteiger partial charge in [-0.15, -0.1) is 0 Å². The topological polar surface area (TPSA) is 58.4 Å². The number of Topliss-reactive ketones (excluding diaryl/α,β-unsaturated/α-hetero) is 1. The Morgan fingerprint density at radius 2 is 1.75 bits per heavy atom. The number of nitrogens with zero attached hydrogens (tertiary/aromatic N) is 4. The highest BCUT2D eigenvalue weighted by atomic mass is 16.2. The molecule has 1 aromatic carbocycles. The molecule has 2 aromatic rings. The van der Waals surface area contributed by atoms with E-state index in [4.69, 9.17) is 0 Å². The number of carbonyl (C=O) groups is 2. The van der Waals surface area contributed by atoms with Crippen molar-refractivity contribution in [2.24, 2.45) is 0 Å². The molecule has 1 amide bonds. The molecular formula is C22H30N4O2. The van der Waals surface area contributed by atoms with Gasteiger partial charge in [0, 0.05) is 30.7 Å². The number of carbonyl (C=O) groups excluding carboxylic acids is 2. The van der Waals surface area contributed by atoms with Crippen LogP contribution in [-0.4, -0.2) is 64.5 Å². The summed E-state index contributed by atoms with van der Waals surface area (Å²) in [5.41, 5.74) is 4.57. The lowest BCUT2D eigenvalue weighted by Gasteiger charge is -2.25.